The van der Waals surface area contributed by atoms with Crippen molar-refractivity contribution in [2.45, 2.75) is 18.6 Å². The van der Waals surface area contributed by atoms with Gasteiger partial charge in [0.25, 0.3) is 5.91 Å². The predicted octanol–water partition coefficient (Wildman–Crippen LogP) is 3.05. The first-order valence-corrected chi connectivity index (χ1v) is 7.24. The third kappa shape index (κ3) is 2.57. The predicted molar refractivity (Wildman–Crippen MR) is 83.5 cm³/mol. The van der Waals surface area contributed by atoms with Gasteiger partial charge in [-0.25, -0.2) is 0 Å². The number of anilines is 1. The highest BCUT2D eigenvalue weighted by atomic mass is 35.5. The number of halogens is 1. The zero-order chi connectivity index (χ0) is 15.7. The highest BCUT2D eigenvalue weighted by Crippen LogP contribution is 2.37. The fourth-order valence-electron chi connectivity index (χ4n) is 2.74. The van der Waals surface area contributed by atoms with Crippen LogP contribution in [0.3, 0.4) is 0 Å². The van der Waals surface area contributed by atoms with Gasteiger partial charge in [-0.05, 0) is 42.0 Å². The van der Waals surface area contributed by atoms with Gasteiger partial charge < -0.3 is 10.0 Å². The Morgan fingerprint density at radius 1 is 1.23 bits per heavy atom. The highest BCUT2D eigenvalue weighted by molar-refractivity contribution is 6.30. The third-order valence-electron chi connectivity index (χ3n) is 3.79. The average Bonchev–Trinajstić information content (AvgIpc) is 2.84. The second-order valence-corrected chi connectivity index (χ2v) is 5.63. The first-order valence-electron chi connectivity index (χ1n) is 6.87. The van der Waals surface area contributed by atoms with Crippen LogP contribution in [0.2, 0.25) is 5.02 Å². The van der Waals surface area contributed by atoms with E-state index in [1.54, 1.807) is 47.4 Å². The Kier molecular flexibility index (Phi) is 3.84. The Bertz CT molecular complexity index is 752. The number of carbonyl (C=O) groups is 1. The van der Waals surface area contributed by atoms with Gasteiger partial charge in [-0.2, -0.15) is 5.26 Å². The van der Waals surface area contributed by atoms with Crippen LogP contribution < -0.4 is 4.90 Å². The number of hydrogen-bond donors (Lipinski definition) is 1. The number of amides is 1. The first kappa shape index (κ1) is 14.6. The van der Waals surface area contributed by atoms with E-state index in [2.05, 4.69) is 6.07 Å². The minimum atomic E-state index is -1.04. The van der Waals surface area contributed by atoms with E-state index in [0.29, 0.717) is 22.7 Å². The van der Waals surface area contributed by atoms with E-state index in [1.165, 1.54) is 0 Å². The van der Waals surface area contributed by atoms with E-state index in [0.717, 1.165) is 5.56 Å². The lowest BCUT2D eigenvalue weighted by molar-refractivity contribution is -0.124. The van der Waals surface area contributed by atoms with Crippen LogP contribution in [0.15, 0.2) is 48.5 Å². The molecule has 0 spiro atoms. The van der Waals surface area contributed by atoms with Crippen LogP contribution in [-0.2, 0) is 4.79 Å². The molecule has 2 aromatic rings. The third-order valence-corrected chi connectivity index (χ3v) is 4.04. The minimum absolute atomic E-state index is 0.294. The molecule has 1 aliphatic heterocycles. The topological polar surface area (TPSA) is 64.3 Å². The molecule has 0 bridgehead atoms. The number of aliphatic hydroxyl groups excluding tert-OH is 1. The van der Waals surface area contributed by atoms with Crippen molar-refractivity contribution in [1.82, 2.24) is 0 Å². The van der Waals surface area contributed by atoms with Gasteiger partial charge in [0.2, 0.25) is 0 Å². The summed E-state index contributed by atoms with van der Waals surface area (Å²) in [7, 11) is 0. The van der Waals surface area contributed by atoms with Crippen LogP contribution >= 0.6 is 11.6 Å². The summed E-state index contributed by atoms with van der Waals surface area (Å²) in [6, 6.07) is 15.8. The standard InChI is InChI=1S/C17H13ClN2O2/c18-13-4-6-14(7-5-13)20-15(9-16(21)17(20)22)12-3-1-2-11(8-12)10-19/h1-8,15-16,21H,9H2/t15-,16+/m1/s1. The molecule has 1 saturated heterocycles. The molecule has 1 N–H and O–H groups in total. The lowest BCUT2D eigenvalue weighted by Gasteiger charge is -2.25. The Balaban J connectivity index is 2.03. The minimum Gasteiger partial charge on any atom is -0.383 e. The van der Waals surface area contributed by atoms with Gasteiger partial charge in [-0.1, -0.05) is 23.7 Å². The van der Waals surface area contributed by atoms with Crippen molar-refractivity contribution in [1.29, 1.82) is 5.26 Å². The van der Waals surface area contributed by atoms with E-state index in [1.807, 2.05) is 6.07 Å². The van der Waals surface area contributed by atoms with Gasteiger partial charge in [0, 0.05) is 17.1 Å². The first-order chi connectivity index (χ1) is 10.6. The molecule has 1 amide bonds. The van der Waals surface area contributed by atoms with Crippen LogP contribution in [-0.4, -0.2) is 17.1 Å². The van der Waals surface area contributed by atoms with Crippen molar-refractivity contribution in [3.63, 3.8) is 0 Å². The second kappa shape index (κ2) is 5.80. The van der Waals surface area contributed by atoms with E-state index in [-0.39, 0.29) is 11.9 Å². The normalized spacial score (nSPS) is 21.0. The molecule has 1 heterocycles. The number of hydrogen-bond acceptors (Lipinski definition) is 3. The number of carbonyl (C=O) groups excluding carboxylic acids is 1. The fraction of sp³-hybridized carbons (Fsp3) is 0.176. The van der Waals surface area contributed by atoms with Gasteiger partial charge in [-0.3, -0.25) is 4.79 Å². The quantitative estimate of drug-likeness (QED) is 0.927. The maximum atomic E-state index is 12.3. The van der Waals surface area contributed by atoms with Gasteiger partial charge in [0.05, 0.1) is 17.7 Å². The second-order valence-electron chi connectivity index (χ2n) is 5.19. The highest BCUT2D eigenvalue weighted by Gasteiger charge is 2.40. The Hall–Kier alpha value is -2.35. The van der Waals surface area contributed by atoms with E-state index in [9.17, 15) is 9.90 Å². The summed E-state index contributed by atoms with van der Waals surface area (Å²) in [6.07, 6.45) is -0.734. The number of nitriles is 1. The van der Waals surface area contributed by atoms with Crippen molar-refractivity contribution in [3.05, 3.63) is 64.7 Å². The summed E-state index contributed by atoms with van der Waals surface area (Å²) in [5, 5.41) is 19.6. The van der Waals surface area contributed by atoms with Crippen molar-refractivity contribution in [2.75, 3.05) is 4.90 Å². The monoisotopic (exact) mass is 312 g/mol. The molecule has 0 aromatic heterocycles. The molecule has 4 nitrogen and oxygen atoms in total. The molecule has 22 heavy (non-hydrogen) atoms. The molecule has 0 radical (unpaired) electrons. The molecule has 0 aliphatic carbocycles. The van der Waals surface area contributed by atoms with Crippen molar-refractivity contribution < 1.29 is 9.90 Å². The zero-order valence-corrected chi connectivity index (χ0v) is 12.4. The molecule has 5 heteroatoms. The molecule has 1 aliphatic rings. The molecule has 2 aromatic carbocycles. The van der Waals surface area contributed by atoms with Crippen molar-refractivity contribution in [2.24, 2.45) is 0 Å². The molecule has 1 fully saturated rings. The number of rotatable bonds is 2. The number of nitrogens with zero attached hydrogens (tertiary/aromatic N) is 2. The lowest BCUT2D eigenvalue weighted by Crippen LogP contribution is -2.30. The van der Waals surface area contributed by atoms with Crippen LogP contribution in [0.4, 0.5) is 5.69 Å². The maximum absolute atomic E-state index is 12.3. The summed E-state index contributed by atoms with van der Waals surface area (Å²) in [5.41, 5.74) is 2.04. The summed E-state index contributed by atoms with van der Waals surface area (Å²) in [6.45, 7) is 0. The molecule has 110 valence electrons. The molecular weight excluding hydrogens is 300 g/mol. The van der Waals surface area contributed by atoms with Gasteiger partial charge in [0.1, 0.15) is 6.10 Å². The molecule has 0 unspecified atom stereocenters. The molecule has 0 saturated carbocycles. The van der Waals surface area contributed by atoms with Crippen molar-refractivity contribution in [3.8, 4) is 6.07 Å². The largest absolute Gasteiger partial charge is 0.383 e. The average molecular weight is 313 g/mol. The SMILES string of the molecule is N#Cc1cccc([C@H]2C[C@H](O)C(=O)N2c2ccc(Cl)cc2)c1. The van der Waals surface area contributed by atoms with Crippen LogP contribution in [0.5, 0.6) is 0 Å². The van der Waals surface area contributed by atoms with Crippen LogP contribution in [0.1, 0.15) is 23.6 Å². The van der Waals surface area contributed by atoms with Gasteiger partial charge in [0.15, 0.2) is 0 Å². The number of benzene rings is 2. The Labute approximate surface area is 133 Å². The fourth-order valence-corrected chi connectivity index (χ4v) is 2.87. The van der Waals surface area contributed by atoms with Gasteiger partial charge >= 0.3 is 0 Å². The molecule has 2 atom stereocenters. The summed E-state index contributed by atoms with van der Waals surface area (Å²) >= 11 is 5.89. The smallest absolute Gasteiger partial charge is 0.256 e. The maximum Gasteiger partial charge on any atom is 0.256 e. The van der Waals surface area contributed by atoms with Crippen LogP contribution in [0.25, 0.3) is 0 Å². The lowest BCUT2D eigenvalue weighted by atomic mass is 10.0. The summed E-state index contributed by atoms with van der Waals surface area (Å²) in [5.74, 6) is -0.338. The Morgan fingerprint density at radius 3 is 2.64 bits per heavy atom. The Morgan fingerprint density at radius 2 is 1.95 bits per heavy atom. The number of aliphatic hydroxyl groups is 1. The van der Waals surface area contributed by atoms with Crippen molar-refractivity contribution >= 4 is 23.2 Å². The molecule has 3 rings (SSSR count). The van der Waals surface area contributed by atoms with Gasteiger partial charge in [-0.15, -0.1) is 0 Å². The van der Waals surface area contributed by atoms with E-state index < -0.39 is 6.10 Å². The molecular formula is C17H13ClN2O2. The van der Waals surface area contributed by atoms with E-state index >= 15 is 0 Å². The summed E-state index contributed by atoms with van der Waals surface area (Å²) in [4.78, 5) is 13.9. The summed E-state index contributed by atoms with van der Waals surface area (Å²) < 4.78 is 0. The van der Waals surface area contributed by atoms with Crippen LogP contribution in [0, 0.1) is 11.3 Å². The van der Waals surface area contributed by atoms with E-state index in [4.69, 9.17) is 16.9 Å². The zero-order valence-electron chi connectivity index (χ0n) is 11.6.